The van der Waals surface area contributed by atoms with Gasteiger partial charge >= 0.3 is 6.18 Å². The number of fused-ring (bicyclic) bond motifs is 1. The number of alkyl halides is 3. The number of benzene rings is 1. The van der Waals surface area contributed by atoms with E-state index in [0.717, 1.165) is 25.2 Å². The second kappa shape index (κ2) is 6.09. The summed E-state index contributed by atoms with van der Waals surface area (Å²) in [6.45, 7) is 1.49. The van der Waals surface area contributed by atoms with Crippen LogP contribution in [-0.4, -0.2) is 31.6 Å². The van der Waals surface area contributed by atoms with E-state index < -0.39 is 11.7 Å². The van der Waals surface area contributed by atoms with Crippen LogP contribution in [0.2, 0.25) is 0 Å². The van der Waals surface area contributed by atoms with Gasteiger partial charge in [-0.15, -0.1) is 0 Å². The lowest BCUT2D eigenvalue weighted by Gasteiger charge is -2.28. The summed E-state index contributed by atoms with van der Waals surface area (Å²) in [7, 11) is 0. The molecule has 2 aliphatic rings. The minimum atomic E-state index is -4.41. The molecule has 0 spiro atoms. The molecule has 6 nitrogen and oxygen atoms in total. The molecule has 6 N–H and O–H groups in total. The van der Waals surface area contributed by atoms with E-state index in [2.05, 4.69) is 21.4 Å². The number of hydrogen-bond acceptors (Lipinski definition) is 4. The molecule has 2 heterocycles. The number of anilines is 1. The molecule has 124 valence electrons. The van der Waals surface area contributed by atoms with Gasteiger partial charge in [-0.05, 0) is 18.2 Å². The fourth-order valence-corrected chi connectivity index (χ4v) is 2.37. The van der Waals surface area contributed by atoms with Gasteiger partial charge in [0.25, 0.3) is 0 Å². The zero-order valence-corrected chi connectivity index (χ0v) is 12.1. The maximum atomic E-state index is 12.8. The lowest BCUT2D eigenvalue weighted by molar-refractivity contribution is -0.555. The van der Waals surface area contributed by atoms with E-state index in [1.807, 2.05) is 0 Å². The van der Waals surface area contributed by atoms with Gasteiger partial charge < -0.3 is 16.0 Å². The van der Waals surface area contributed by atoms with Crippen LogP contribution in [0.15, 0.2) is 24.4 Å². The van der Waals surface area contributed by atoms with Crippen LogP contribution in [0.1, 0.15) is 11.1 Å². The third-order valence-electron chi connectivity index (χ3n) is 3.71. The SMILES string of the molecule is O=C(CNC1=C[NH2+]Nc2ccc(C(F)(F)F)cc21)NC1CNC1. The zero-order chi connectivity index (χ0) is 16.4. The Morgan fingerprint density at radius 3 is 2.78 bits per heavy atom. The number of nitrogen functional groups attached to an aromatic ring is 1. The first-order valence-electron chi connectivity index (χ1n) is 7.19. The number of nitrogens with one attached hydrogen (secondary N) is 4. The Balaban J connectivity index is 1.69. The van der Waals surface area contributed by atoms with Crippen LogP contribution in [0.4, 0.5) is 18.9 Å². The van der Waals surface area contributed by atoms with Crippen molar-refractivity contribution in [2.24, 2.45) is 0 Å². The molecular formula is C14H17F3N5O+. The predicted molar refractivity (Wildman–Crippen MR) is 77.8 cm³/mol. The van der Waals surface area contributed by atoms with E-state index in [0.29, 0.717) is 16.9 Å². The Bertz CT molecular complexity index is 640. The number of carbonyl (C=O) groups excluding carboxylic acids is 1. The van der Waals surface area contributed by atoms with Crippen molar-refractivity contribution in [3.63, 3.8) is 0 Å². The summed E-state index contributed by atoms with van der Waals surface area (Å²) in [4.78, 5) is 11.8. The van der Waals surface area contributed by atoms with Crippen LogP contribution in [0.5, 0.6) is 0 Å². The molecule has 3 rings (SSSR count). The smallest absolute Gasteiger partial charge is 0.371 e. The Morgan fingerprint density at radius 1 is 1.35 bits per heavy atom. The summed E-state index contributed by atoms with van der Waals surface area (Å²) >= 11 is 0. The van der Waals surface area contributed by atoms with Crippen LogP contribution in [-0.2, 0) is 11.0 Å². The highest BCUT2D eigenvalue weighted by Crippen LogP contribution is 2.33. The molecule has 1 saturated heterocycles. The summed E-state index contributed by atoms with van der Waals surface area (Å²) in [5.41, 5.74) is 5.21. The van der Waals surface area contributed by atoms with Gasteiger partial charge in [0.05, 0.1) is 23.8 Å². The van der Waals surface area contributed by atoms with E-state index in [9.17, 15) is 18.0 Å². The average Bonchev–Trinajstić information content (AvgIpc) is 2.47. The molecule has 9 heteroatoms. The molecule has 0 aliphatic carbocycles. The van der Waals surface area contributed by atoms with Crippen LogP contribution < -0.4 is 26.8 Å². The van der Waals surface area contributed by atoms with Crippen molar-refractivity contribution in [3.8, 4) is 0 Å². The summed E-state index contributed by atoms with van der Waals surface area (Å²) in [5, 5.41) is 8.76. The third kappa shape index (κ3) is 3.57. The standard InChI is InChI=1S/C14H16F3N5O/c15-14(16,17)8-1-2-11-10(3-8)12(6-20-22-11)19-7-13(23)21-9-4-18-5-9/h1-3,6,9,18-20,22H,4-5,7H2,(H,21,23)/p+1. The molecule has 0 bridgehead atoms. The molecule has 1 amide bonds. The first-order valence-corrected chi connectivity index (χ1v) is 7.19. The van der Waals surface area contributed by atoms with Crippen molar-refractivity contribution in [3.05, 3.63) is 35.5 Å². The normalized spacial score (nSPS) is 17.4. The number of nitrogens with two attached hydrogens (primary N) is 1. The van der Waals surface area contributed by atoms with Crippen molar-refractivity contribution >= 4 is 17.3 Å². The topological polar surface area (TPSA) is 81.8 Å². The van der Waals surface area contributed by atoms with E-state index in [4.69, 9.17) is 0 Å². The molecule has 1 aromatic rings. The van der Waals surface area contributed by atoms with E-state index in [1.165, 1.54) is 6.07 Å². The first kappa shape index (κ1) is 15.6. The molecule has 23 heavy (non-hydrogen) atoms. The van der Waals surface area contributed by atoms with Crippen molar-refractivity contribution in [2.75, 3.05) is 25.1 Å². The Hall–Kier alpha value is -2.26. The van der Waals surface area contributed by atoms with Gasteiger partial charge in [-0.25, -0.2) is 10.9 Å². The van der Waals surface area contributed by atoms with Gasteiger partial charge in [0.2, 0.25) is 5.91 Å². The maximum absolute atomic E-state index is 12.8. The first-order chi connectivity index (χ1) is 10.9. The molecule has 0 saturated carbocycles. The number of carbonyl (C=O) groups is 1. The lowest BCUT2D eigenvalue weighted by atomic mass is 10.0. The van der Waals surface area contributed by atoms with Crippen LogP contribution in [0.3, 0.4) is 0 Å². The fraction of sp³-hybridized carbons (Fsp3) is 0.357. The maximum Gasteiger partial charge on any atom is 0.416 e. The van der Waals surface area contributed by atoms with Gasteiger partial charge in [-0.1, -0.05) is 0 Å². The lowest BCUT2D eigenvalue weighted by Crippen LogP contribution is -2.84. The van der Waals surface area contributed by atoms with Crippen molar-refractivity contribution < 1.29 is 23.4 Å². The Morgan fingerprint density at radius 2 is 2.13 bits per heavy atom. The highest BCUT2D eigenvalue weighted by atomic mass is 19.4. The second-order valence-corrected chi connectivity index (χ2v) is 5.43. The van der Waals surface area contributed by atoms with E-state index in [-0.39, 0.29) is 18.5 Å². The molecular weight excluding hydrogens is 311 g/mol. The molecule has 0 atom stereocenters. The summed E-state index contributed by atoms with van der Waals surface area (Å²) in [5.74, 6) is -0.190. The second-order valence-electron chi connectivity index (χ2n) is 5.43. The molecule has 0 radical (unpaired) electrons. The minimum absolute atomic E-state index is 0.00581. The Kier molecular flexibility index (Phi) is 4.14. The summed E-state index contributed by atoms with van der Waals surface area (Å²) in [6.07, 6.45) is -2.80. The fourth-order valence-electron chi connectivity index (χ4n) is 2.37. The van der Waals surface area contributed by atoms with Crippen molar-refractivity contribution in [1.29, 1.82) is 0 Å². The quantitative estimate of drug-likeness (QED) is 0.487. The van der Waals surface area contributed by atoms with Gasteiger partial charge in [-0.3, -0.25) is 4.79 Å². The van der Waals surface area contributed by atoms with Crippen LogP contribution in [0, 0.1) is 0 Å². The monoisotopic (exact) mass is 328 g/mol. The van der Waals surface area contributed by atoms with E-state index >= 15 is 0 Å². The molecule has 2 aliphatic heterocycles. The Labute approximate surface area is 130 Å². The van der Waals surface area contributed by atoms with Crippen molar-refractivity contribution in [1.82, 2.24) is 16.0 Å². The number of hydrogen-bond donors (Lipinski definition) is 5. The third-order valence-corrected chi connectivity index (χ3v) is 3.71. The zero-order valence-electron chi connectivity index (χ0n) is 12.1. The van der Waals surface area contributed by atoms with Crippen molar-refractivity contribution in [2.45, 2.75) is 12.2 Å². The molecule has 1 fully saturated rings. The largest absolute Gasteiger partial charge is 0.416 e. The van der Waals surface area contributed by atoms with Gasteiger partial charge in [0.15, 0.2) is 0 Å². The van der Waals surface area contributed by atoms with Gasteiger partial charge in [0, 0.05) is 18.7 Å². The minimum Gasteiger partial charge on any atom is -0.371 e. The van der Waals surface area contributed by atoms with Gasteiger partial charge in [-0.2, -0.15) is 13.2 Å². The summed E-state index contributed by atoms with van der Waals surface area (Å²) in [6, 6.07) is 3.60. The molecule has 1 aromatic carbocycles. The average molecular weight is 328 g/mol. The summed E-state index contributed by atoms with van der Waals surface area (Å²) < 4.78 is 38.5. The molecule has 0 aromatic heterocycles. The van der Waals surface area contributed by atoms with Crippen LogP contribution in [0.25, 0.3) is 5.70 Å². The number of rotatable bonds is 4. The van der Waals surface area contributed by atoms with E-state index in [1.54, 1.807) is 11.6 Å². The van der Waals surface area contributed by atoms with Crippen LogP contribution >= 0.6 is 0 Å². The highest BCUT2D eigenvalue weighted by Gasteiger charge is 2.32. The number of quaternary nitrogens is 1. The van der Waals surface area contributed by atoms with Gasteiger partial charge in [0.1, 0.15) is 11.9 Å². The number of amides is 1. The predicted octanol–water partition coefficient (Wildman–Crippen LogP) is -0.415. The number of halogens is 3. The molecule has 0 unspecified atom stereocenters. The highest BCUT2D eigenvalue weighted by molar-refractivity contribution is 5.82.